The molecule has 3 aromatic rings. The quantitative estimate of drug-likeness (QED) is 0.482. The molecule has 7 nitrogen and oxygen atoms in total. The van der Waals surface area contributed by atoms with E-state index in [9.17, 15) is 8.78 Å². The van der Waals surface area contributed by atoms with Crippen molar-refractivity contribution in [1.29, 1.82) is 5.53 Å². The number of aromatic nitrogens is 3. The van der Waals surface area contributed by atoms with Crippen molar-refractivity contribution in [3.05, 3.63) is 64.3 Å². The molecule has 10 heteroatoms. The van der Waals surface area contributed by atoms with Crippen LogP contribution >= 0.6 is 15.9 Å². The van der Waals surface area contributed by atoms with Gasteiger partial charge in [-0.25, -0.2) is 23.8 Å². The molecule has 0 aliphatic carbocycles. The summed E-state index contributed by atoms with van der Waals surface area (Å²) in [4.78, 5) is 3.98. The minimum atomic E-state index is -0.736. The first-order chi connectivity index (χ1) is 13.0. The summed E-state index contributed by atoms with van der Waals surface area (Å²) in [5.41, 5.74) is 15.3. The second kappa shape index (κ2) is 7.78. The Hall–Kier alpha value is -2.88. The van der Waals surface area contributed by atoms with Crippen molar-refractivity contribution >= 4 is 33.0 Å². The number of benzene rings is 1. The minimum absolute atomic E-state index is 0.0835. The molecule has 1 unspecified atom stereocenters. The van der Waals surface area contributed by atoms with Gasteiger partial charge in [0.2, 0.25) is 0 Å². The van der Waals surface area contributed by atoms with Gasteiger partial charge in [0, 0.05) is 22.7 Å². The molecule has 0 amide bonds. The highest BCUT2D eigenvalue weighted by Crippen LogP contribution is 2.34. The topological polar surface area (TPSA) is 104 Å². The Morgan fingerprint density at radius 1 is 1.44 bits per heavy atom. The van der Waals surface area contributed by atoms with E-state index >= 15 is 0 Å². The van der Waals surface area contributed by atoms with Crippen LogP contribution in [0.1, 0.15) is 25.0 Å². The number of fused-ring (bicyclic) bond motifs is 1. The van der Waals surface area contributed by atoms with Crippen molar-refractivity contribution in [2.75, 3.05) is 11.1 Å². The molecule has 0 saturated heterocycles. The maximum atomic E-state index is 13.8. The zero-order valence-electron chi connectivity index (χ0n) is 14.2. The number of hydrogen-bond donors (Lipinski definition) is 3. The molecule has 27 heavy (non-hydrogen) atoms. The van der Waals surface area contributed by atoms with Gasteiger partial charge in [-0.2, -0.15) is 10.2 Å². The summed E-state index contributed by atoms with van der Waals surface area (Å²) in [6.07, 6.45) is 3.37. The summed E-state index contributed by atoms with van der Waals surface area (Å²) in [5.74, 6) is -1.40. The van der Waals surface area contributed by atoms with Gasteiger partial charge >= 0.3 is 0 Å². The maximum absolute atomic E-state index is 13.8. The van der Waals surface area contributed by atoms with Crippen LogP contribution in [0.2, 0.25) is 0 Å². The Bertz CT molecular complexity index is 1030. The van der Waals surface area contributed by atoms with Crippen LogP contribution in [0.5, 0.6) is 0 Å². The predicted molar refractivity (Wildman–Crippen MR) is 101 cm³/mol. The van der Waals surface area contributed by atoms with Gasteiger partial charge in [0.05, 0.1) is 17.1 Å². The van der Waals surface area contributed by atoms with Crippen LogP contribution in [0.4, 0.5) is 20.3 Å². The summed E-state index contributed by atoms with van der Waals surface area (Å²) >= 11 is 3.45. The van der Waals surface area contributed by atoms with Crippen molar-refractivity contribution in [2.45, 2.75) is 19.3 Å². The van der Waals surface area contributed by atoms with E-state index in [-0.39, 0.29) is 11.6 Å². The second-order valence-electron chi connectivity index (χ2n) is 5.73. The first kappa shape index (κ1) is 18.9. The Balaban J connectivity index is 2.00. The lowest BCUT2D eigenvalue weighted by molar-refractivity contribution is 0.586. The van der Waals surface area contributed by atoms with Crippen molar-refractivity contribution < 1.29 is 8.78 Å². The lowest BCUT2D eigenvalue weighted by Gasteiger charge is -2.15. The van der Waals surface area contributed by atoms with E-state index in [1.165, 1.54) is 18.6 Å². The van der Waals surface area contributed by atoms with E-state index in [0.717, 1.165) is 22.3 Å². The van der Waals surface area contributed by atoms with E-state index in [1.807, 2.05) is 13.0 Å². The normalized spacial score (nSPS) is 13.0. The Morgan fingerprint density at radius 2 is 2.22 bits per heavy atom. The Morgan fingerprint density at radius 3 is 2.89 bits per heavy atom. The molecule has 0 spiro atoms. The zero-order valence-corrected chi connectivity index (χ0v) is 15.8. The molecule has 2 aromatic heterocycles. The number of rotatable bonds is 6. The molecule has 0 fully saturated rings. The number of nitrogen functional groups attached to an aromatic ring is 1. The number of anilines is 2. The van der Waals surface area contributed by atoms with Gasteiger partial charge in [-0.3, -0.25) is 0 Å². The van der Waals surface area contributed by atoms with E-state index < -0.39 is 11.6 Å². The van der Waals surface area contributed by atoms with Gasteiger partial charge in [0.25, 0.3) is 0 Å². The van der Waals surface area contributed by atoms with E-state index in [4.69, 9.17) is 11.3 Å². The van der Waals surface area contributed by atoms with Crippen LogP contribution in [0.15, 0.2) is 52.1 Å². The van der Waals surface area contributed by atoms with Crippen LogP contribution in [-0.4, -0.2) is 14.6 Å². The molecule has 3 rings (SSSR count). The van der Waals surface area contributed by atoms with Crippen LogP contribution in [0.25, 0.3) is 5.52 Å². The van der Waals surface area contributed by atoms with Gasteiger partial charge in [-0.05, 0) is 40.5 Å². The Labute approximate surface area is 161 Å². The first-order valence-corrected chi connectivity index (χ1v) is 8.82. The fourth-order valence-electron chi connectivity index (χ4n) is 2.83. The molecule has 2 heterocycles. The van der Waals surface area contributed by atoms with Crippen LogP contribution in [0, 0.1) is 17.2 Å². The number of nitrogens with two attached hydrogens (primary N) is 1. The number of allylic oxidation sites excluding steroid dienone is 1. The summed E-state index contributed by atoms with van der Waals surface area (Å²) in [5, 5.41) is 10.6. The monoisotopic (exact) mass is 435 g/mol. The highest BCUT2D eigenvalue weighted by molar-refractivity contribution is 9.10. The Kier molecular flexibility index (Phi) is 5.45. The summed E-state index contributed by atoms with van der Waals surface area (Å²) in [6.45, 7) is 1.93. The lowest BCUT2D eigenvalue weighted by atomic mass is 9.99. The smallest absolute Gasteiger partial charge is 0.152 e. The SMILES string of the molecule is CCC(/C(=C/Nc1ccc(F)cc1F)N=N)c1cc(Br)c2c(N)ncnn12. The average molecular weight is 436 g/mol. The molecule has 0 saturated carbocycles. The lowest BCUT2D eigenvalue weighted by Crippen LogP contribution is -2.08. The molecule has 0 aliphatic rings. The standard InChI is InChI=1S/C17H16BrF2N7/c1-2-10(15-6-11(18)16-17(21)24-8-25-27(15)16)14(26-22)7-23-13-4-3-9(19)5-12(13)20/h3-8,10,22-23H,2H2,1H3,(H2,21,24,25)/b14-7-,26-22?. The summed E-state index contributed by atoms with van der Waals surface area (Å²) in [7, 11) is 0. The van der Waals surface area contributed by atoms with E-state index in [1.54, 1.807) is 4.52 Å². The number of halogens is 3. The third-order valence-electron chi connectivity index (χ3n) is 4.12. The van der Waals surface area contributed by atoms with Gasteiger partial charge in [0.15, 0.2) is 5.82 Å². The van der Waals surface area contributed by atoms with Crippen molar-refractivity contribution in [2.24, 2.45) is 5.11 Å². The third-order valence-corrected chi connectivity index (χ3v) is 4.73. The van der Waals surface area contributed by atoms with Gasteiger partial charge in [0.1, 0.15) is 23.5 Å². The largest absolute Gasteiger partial charge is 0.382 e. The molecule has 1 aromatic carbocycles. The number of nitrogens with zero attached hydrogens (tertiary/aromatic N) is 4. The van der Waals surface area contributed by atoms with Crippen LogP contribution in [0.3, 0.4) is 0 Å². The molecule has 1 atom stereocenters. The molecular formula is C17H16BrF2N7. The fourth-order valence-corrected chi connectivity index (χ4v) is 3.44. The molecule has 0 bridgehead atoms. The van der Waals surface area contributed by atoms with Gasteiger partial charge in [-0.1, -0.05) is 6.92 Å². The number of nitrogens with one attached hydrogen (secondary N) is 2. The van der Waals surface area contributed by atoms with Crippen molar-refractivity contribution in [3.63, 3.8) is 0 Å². The first-order valence-electron chi connectivity index (χ1n) is 8.03. The summed E-state index contributed by atoms with van der Waals surface area (Å²) in [6, 6.07) is 5.04. The van der Waals surface area contributed by atoms with Crippen LogP contribution < -0.4 is 11.1 Å². The second-order valence-corrected chi connectivity index (χ2v) is 6.59. The van der Waals surface area contributed by atoms with Gasteiger partial charge in [-0.15, -0.1) is 0 Å². The van der Waals surface area contributed by atoms with Crippen LogP contribution in [-0.2, 0) is 0 Å². The molecule has 0 radical (unpaired) electrons. The predicted octanol–water partition coefficient (Wildman–Crippen LogP) is 4.83. The highest BCUT2D eigenvalue weighted by Gasteiger charge is 2.22. The molecule has 140 valence electrons. The number of hydrogen-bond acceptors (Lipinski definition) is 6. The summed E-state index contributed by atoms with van der Waals surface area (Å²) < 4.78 is 29.2. The zero-order chi connectivity index (χ0) is 19.6. The van der Waals surface area contributed by atoms with Gasteiger partial charge < -0.3 is 11.1 Å². The van der Waals surface area contributed by atoms with E-state index in [2.05, 4.69) is 36.4 Å². The molecule has 4 N–H and O–H groups in total. The van der Waals surface area contributed by atoms with Crippen molar-refractivity contribution in [3.8, 4) is 0 Å². The average Bonchev–Trinajstić information content (AvgIpc) is 2.97. The molecular weight excluding hydrogens is 420 g/mol. The fraction of sp³-hybridized carbons (Fsp3) is 0.176. The third kappa shape index (κ3) is 3.65. The highest BCUT2D eigenvalue weighted by atomic mass is 79.9. The minimum Gasteiger partial charge on any atom is -0.382 e. The van der Waals surface area contributed by atoms with Crippen molar-refractivity contribution in [1.82, 2.24) is 14.6 Å². The molecule has 0 aliphatic heterocycles. The van der Waals surface area contributed by atoms with E-state index in [0.29, 0.717) is 23.5 Å². The maximum Gasteiger partial charge on any atom is 0.152 e.